The summed E-state index contributed by atoms with van der Waals surface area (Å²) < 4.78 is 10.9. The minimum absolute atomic E-state index is 0.146. The average Bonchev–Trinajstić information content (AvgIpc) is 2.62. The second kappa shape index (κ2) is 4.81. The van der Waals surface area contributed by atoms with Crippen molar-refractivity contribution < 1.29 is 9.15 Å². The highest BCUT2D eigenvalue weighted by molar-refractivity contribution is 5.10. The first kappa shape index (κ1) is 10.7. The molecule has 1 aromatic heterocycles. The third-order valence-electron chi connectivity index (χ3n) is 3.03. The van der Waals surface area contributed by atoms with Crippen molar-refractivity contribution in [3.63, 3.8) is 0 Å². The lowest BCUT2D eigenvalue weighted by Gasteiger charge is -2.19. The van der Waals surface area contributed by atoms with E-state index < -0.39 is 0 Å². The normalized spacial score (nSPS) is 27.9. The van der Waals surface area contributed by atoms with Crippen LogP contribution in [0.25, 0.3) is 0 Å². The molecule has 0 aliphatic carbocycles. The fourth-order valence-corrected chi connectivity index (χ4v) is 2.00. The number of rotatable bonds is 2. The van der Waals surface area contributed by atoms with Crippen LogP contribution < -0.4 is 5.32 Å². The number of ether oxygens (including phenoxy) is 1. The Morgan fingerprint density at radius 1 is 1.47 bits per heavy atom. The van der Waals surface area contributed by atoms with Gasteiger partial charge in [0.15, 0.2) is 0 Å². The third-order valence-corrected chi connectivity index (χ3v) is 3.03. The second-order valence-electron chi connectivity index (χ2n) is 4.46. The van der Waals surface area contributed by atoms with Crippen LogP contribution in [-0.2, 0) is 4.74 Å². The van der Waals surface area contributed by atoms with Gasteiger partial charge in [-0.25, -0.2) is 0 Å². The Labute approximate surface area is 90.8 Å². The van der Waals surface area contributed by atoms with E-state index in [0.717, 1.165) is 25.1 Å². The molecule has 0 radical (unpaired) electrons. The number of hydrogen-bond donors (Lipinski definition) is 1. The Hall–Kier alpha value is -0.800. The molecule has 1 aliphatic rings. The molecule has 0 spiro atoms. The van der Waals surface area contributed by atoms with Gasteiger partial charge < -0.3 is 14.5 Å². The summed E-state index contributed by atoms with van der Waals surface area (Å²) in [5, 5.41) is 3.55. The van der Waals surface area contributed by atoms with Gasteiger partial charge in [0.25, 0.3) is 0 Å². The zero-order chi connectivity index (χ0) is 10.7. The highest BCUT2D eigenvalue weighted by Crippen LogP contribution is 2.21. The van der Waals surface area contributed by atoms with E-state index in [1.54, 1.807) is 12.5 Å². The monoisotopic (exact) mass is 209 g/mol. The second-order valence-corrected chi connectivity index (χ2v) is 4.46. The van der Waals surface area contributed by atoms with Crippen molar-refractivity contribution in [2.75, 3.05) is 13.2 Å². The summed E-state index contributed by atoms with van der Waals surface area (Å²) in [5.41, 5.74) is 1.13. The van der Waals surface area contributed by atoms with E-state index in [1.807, 2.05) is 6.07 Å². The van der Waals surface area contributed by atoms with Crippen LogP contribution in [0.5, 0.6) is 0 Å². The first-order chi connectivity index (χ1) is 7.27. The van der Waals surface area contributed by atoms with Crippen LogP contribution in [0.3, 0.4) is 0 Å². The van der Waals surface area contributed by atoms with Gasteiger partial charge in [0, 0.05) is 24.8 Å². The van der Waals surface area contributed by atoms with Crippen LogP contribution in [0.4, 0.5) is 0 Å². The van der Waals surface area contributed by atoms with Crippen LogP contribution >= 0.6 is 0 Å². The molecule has 84 valence electrons. The van der Waals surface area contributed by atoms with Gasteiger partial charge >= 0.3 is 0 Å². The smallest absolute Gasteiger partial charge is 0.0980 e. The van der Waals surface area contributed by atoms with Gasteiger partial charge in [-0.2, -0.15) is 0 Å². The van der Waals surface area contributed by atoms with Crippen molar-refractivity contribution in [1.82, 2.24) is 5.32 Å². The van der Waals surface area contributed by atoms with Crippen molar-refractivity contribution >= 4 is 0 Å². The molecule has 0 aromatic carbocycles. The number of furan rings is 1. The molecule has 2 atom stereocenters. The molecule has 0 bridgehead atoms. The molecule has 15 heavy (non-hydrogen) atoms. The van der Waals surface area contributed by atoms with Gasteiger partial charge in [0.05, 0.1) is 18.6 Å². The summed E-state index contributed by atoms with van der Waals surface area (Å²) in [4.78, 5) is 0. The fraction of sp³-hybridized carbons (Fsp3) is 0.667. The summed E-state index contributed by atoms with van der Waals surface area (Å²) in [5.74, 6) is 0.664. The molecule has 2 rings (SSSR count). The van der Waals surface area contributed by atoms with Crippen LogP contribution in [0, 0.1) is 5.92 Å². The van der Waals surface area contributed by atoms with Crippen LogP contribution in [0.15, 0.2) is 23.0 Å². The molecule has 1 fully saturated rings. The molecule has 3 nitrogen and oxygen atoms in total. The van der Waals surface area contributed by atoms with Crippen molar-refractivity contribution in [2.24, 2.45) is 5.92 Å². The Morgan fingerprint density at radius 3 is 3.00 bits per heavy atom. The molecule has 1 saturated heterocycles. The van der Waals surface area contributed by atoms with E-state index in [4.69, 9.17) is 9.15 Å². The zero-order valence-corrected chi connectivity index (χ0v) is 9.40. The van der Waals surface area contributed by atoms with E-state index >= 15 is 0 Å². The van der Waals surface area contributed by atoms with Crippen molar-refractivity contribution in [2.45, 2.75) is 32.4 Å². The van der Waals surface area contributed by atoms with Crippen LogP contribution in [0.2, 0.25) is 0 Å². The quantitative estimate of drug-likeness (QED) is 0.812. The highest BCUT2D eigenvalue weighted by Gasteiger charge is 2.22. The van der Waals surface area contributed by atoms with E-state index in [1.165, 1.54) is 0 Å². The van der Waals surface area contributed by atoms with Crippen LogP contribution in [-0.4, -0.2) is 19.2 Å². The standard InChI is InChI=1S/C12H19NO2/c1-9(2)11-4-6-15-12(7-13-11)10-3-5-14-8-10/h3,5,8-9,11-13H,4,6-7H2,1-2H3. The summed E-state index contributed by atoms with van der Waals surface area (Å²) in [7, 11) is 0. The molecule has 2 heterocycles. The van der Waals surface area contributed by atoms with E-state index in [-0.39, 0.29) is 6.10 Å². The Balaban J connectivity index is 1.96. The Kier molecular flexibility index (Phi) is 3.44. The van der Waals surface area contributed by atoms with Crippen molar-refractivity contribution in [1.29, 1.82) is 0 Å². The van der Waals surface area contributed by atoms with Gasteiger partial charge in [-0.1, -0.05) is 13.8 Å². The molecule has 1 N–H and O–H groups in total. The summed E-state index contributed by atoms with van der Waals surface area (Å²) in [6.45, 7) is 6.19. The number of hydrogen-bond acceptors (Lipinski definition) is 3. The SMILES string of the molecule is CC(C)C1CCOC(c2ccoc2)CN1. The van der Waals surface area contributed by atoms with Crippen molar-refractivity contribution in [3.8, 4) is 0 Å². The first-order valence-electron chi connectivity index (χ1n) is 5.64. The lowest BCUT2D eigenvalue weighted by molar-refractivity contribution is 0.0656. The van der Waals surface area contributed by atoms with E-state index in [0.29, 0.717) is 12.0 Å². The third kappa shape index (κ3) is 2.61. The van der Waals surface area contributed by atoms with Gasteiger partial charge in [-0.3, -0.25) is 0 Å². The van der Waals surface area contributed by atoms with E-state index in [2.05, 4.69) is 19.2 Å². The molecule has 1 aromatic rings. The van der Waals surface area contributed by atoms with Gasteiger partial charge in [-0.05, 0) is 18.4 Å². The molecule has 1 aliphatic heterocycles. The summed E-state index contributed by atoms with van der Waals surface area (Å²) in [6.07, 6.45) is 4.70. The first-order valence-corrected chi connectivity index (χ1v) is 5.64. The maximum atomic E-state index is 5.81. The lowest BCUT2D eigenvalue weighted by atomic mass is 10.0. The van der Waals surface area contributed by atoms with Gasteiger partial charge in [0.2, 0.25) is 0 Å². The number of nitrogens with one attached hydrogen (secondary N) is 1. The minimum Gasteiger partial charge on any atom is -0.472 e. The lowest BCUT2D eigenvalue weighted by Crippen LogP contribution is -2.34. The molecule has 0 amide bonds. The molecule has 2 unspecified atom stereocenters. The maximum Gasteiger partial charge on any atom is 0.0980 e. The zero-order valence-electron chi connectivity index (χ0n) is 9.40. The molecule has 3 heteroatoms. The predicted molar refractivity (Wildman–Crippen MR) is 58.6 cm³/mol. The molecule has 0 saturated carbocycles. The fourth-order valence-electron chi connectivity index (χ4n) is 2.00. The predicted octanol–water partition coefficient (Wildman–Crippen LogP) is 2.36. The topological polar surface area (TPSA) is 34.4 Å². The Morgan fingerprint density at radius 2 is 2.33 bits per heavy atom. The summed E-state index contributed by atoms with van der Waals surface area (Å²) >= 11 is 0. The van der Waals surface area contributed by atoms with Gasteiger partial charge in [0.1, 0.15) is 0 Å². The summed E-state index contributed by atoms with van der Waals surface area (Å²) in [6, 6.07) is 2.55. The molecular formula is C12H19NO2. The Bertz CT molecular complexity index is 282. The van der Waals surface area contributed by atoms with Crippen molar-refractivity contribution in [3.05, 3.63) is 24.2 Å². The average molecular weight is 209 g/mol. The highest BCUT2D eigenvalue weighted by atomic mass is 16.5. The van der Waals surface area contributed by atoms with Crippen LogP contribution in [0.1, 0.15) is 31.9 Å². The molecular weight excluding hydrogens is 190 g/mol. The van der Waals surface area contributed by atoms with Gasteiger partial charge in [-0.15, -0.1) is 0 Å². The van der Waals surface area contributed by atoms with E-state index in [9.17, 15) is 0 Å². The minimum atomic E-state index is 0.146. The largest absolute Gasteiger partial charge is 0.472 e. The maximum absolute atomic E-state index is 5.81.